The van der Waals surface area contributed by atoms with Crippen molar-refractivity contribution in [2.75, 3.05) is 26.3 Å². The summed E-state index contributed by atoms with van der Waals surface area (Å²) in [5.41, 5.74) is 4.66. The highest BCUT2D eigenvalue weighted by molar-refractivity contribution is 5.88. The molecule has 5 heteroatoms. The Morgan fingerprint density at radius 2 is 1.89 bits per heavy atom. The van der Waals surface area contributed by atoms with Crippen LogP contribution in [0.1, 0.15) is 59.7 Å². The van der Waals surface area contributed by atoms with Crippen molar-refractivity contribution < 1.29 is 13.9 Å². The Morgan fingerprint density at radius 3 is 2.69 bits per heavy atom. The summed E-state index contributed by atoms with van der Waals surface area (Å²) >= 11 is 0. The third kappa shape index (κ3) is 5.15. The number of piperidine rings is 1. The van der Waals surface area contributed by atoms with Crippen LogP contribution in [0.15, 0.2) is 66.7 Å². The third-order valence-corrected chi connectivity index (χ3v) is 7.56. The molecule has 2 saturated heterocycles. The van der Waals surface area contributed by atoms with Crippen molar-refractivity contribution >= 4 is 5.91 Å². The summed E-state index contributed by atoms with van der Waals surface area (Å²) in [5, 5.41) is 0. The molecule has 0 N–H and O–H groups in total. The number of aromatic nitrogens is 1. The second kappa shape index (κ2) is 10.3. The molecule has 1 atom stereocenters. The lowest BCUT2D eigenvalue weighted by Gasteiger charge is -2.42. The standard InChI is InChI=1S/C30H33FN2O2/c1-22-6-2-7-23(18-22)19-27-11-4-12-28(32-27)24-8-5-15-33(21-24)29(34)30(13-16-35-17-14-30)25-9-3-10-26(31)20-25/h2-4,6-7,9-12,18,20,24H,5,8,13-17,19,21H2,1H3/t24-/m0/s1. The van der Waals surface area contributed by atoms with E-state index in [2.05, 4.69) is 49.4 Å². The van der Waals surface area contributed by atoms with Crippen molar-refractivity contribution in [1.29, 1.82) is 0 Å². The summed E-state index contributed by atoms with van der Waals surface area (Å²) in [6.07, 6.45) is 3.92. The largest absolute Gasteiger partial charge is 0.381 e. The fraction of sp³-hybridized carbons (Fsp3) is 0.400. The van der Waals surface area contributed by atoms with Gasteiger partial charge in [0.05, 0.1) is 5.41 Å². The first kappa shape index (κ1) is 23.7. The van der Waals surface area contributed by atoms with Crippen LogP contribution in [0, 0.1) is 12.7 Å². The highest BCUT2D eigenvalue weighted by Crippen LogP contribution is 2.39. The highest BCUT2D eigenvalue weighted by atomic mass is 19.1. The zero-order valence-corrected chi connectivity index (χ0v) is 20.4. The molecule has 2 aromatic carbocycles. The zero-order valence-electron chi connectivity index (χ0n) is 20.4. The molecule has 0 saturated carbocycles. The van der Waals surface area contributed by atoms with Crippen molar-refractivity contribution in [3.05, 3.63) is 101 Å². The monoisotopic (exact) mass is 472 g/mol. The molecule has 35 heavy (non-hydrogen) atoms. The fourth-order valence-electron chi connectivity index (χ4n) is 5.69. The zero-order chi connectivity index (χ0) is 24.3. The number of benzene rings is 2. The molecule has 0 spiro atoms. The number of carbonyl (C=O) groups excluding carboxylic acids is 1. The molecule has 0 bridgehead atoms. The third-order valence-electron chi connectivity index (χ3n) is 7.56. The van der Waals surface area contributed by atoms with Crippen LogP contribution in [0.5, 0.6) is 0 Å². The number of aryl methyl sites for hydroxylation is 1. The summed E-state index contributed by atoms with van der Waals surface area (Å²) in [6.45, 7) is 4.52. The van der Waals surface area contributed by atoms with Crippen molar-refractivity contribution in [1.82, 2.24) is 9.88 Å². The maximum atomic E-state index is 14.1. The van der Waals surface area contributed by atoms with Gasteiger partial charge in [0.2, 0.25) is 5.91 Å². The number of hydrogen-bond acceptors (Lipinski definition) is 3. The Hall–Kier alpha value is -3.05. The molecule has 3 heterocycles. The van der Waals surface area contributed by atoms with E-state index in [4.69, 9.17) is 9.72 Å². The molecule has 0 unspecified atom stereocenters. The summed E-state index contributed by atoms with van der Waals surface area (Å²) in [6, 6.07) is 21.4. The van der Waals surface area contributed by atoms with E-state index in [1.807, 2.05) is 11.0 Å². The summed E-state index contributed by atoms with van der Waals surface area (Å²) in [4.78, 5) is 21.0. The van der Waals surface area contributed by atoms with E-state index < -0.39 is 5.41 Å². The van der Waals surface area contributed by atoms with Gasteiger partial charge in [0.25, 0.3) is 0 Å². The van der Waals surface area contributed by atoms with Crippen LogP contribution in [-0.4, -0.2) is 42.1 Å². The minimum absolute atomic E-state index is 0.104. The predicted octanol–water partition coefficient (Wildman–Crippen LogP) is 5.57. The van der Waals surface area contributed by atoms with E-state index in [-0.39, 0.29) is 17.6 Å². The van der Waals surface area contributed by atoms with E-state index in [1.54, 1.807) is 6.07 Å². The van der Waals surface area contributed by atoms with Crippen LogP contribution in [0.4, 0.5) is 4.39 Å². The van der Waals surface area contributed by atoms with Gasteiger partial charge in [-0.25, -0.2) is 4.39 Å². The van der Waals surface area contributed by atoms with Gasteiger partial charge in [-0.2, -0.15) is 0 Å². The minimum atomic E-state index is -0.720. The maximum absolute atomic E-state index is 14.1. The Bertz CT molecular complexity index is 1190. The molecular formula is C30H33FN2O2. The molecule has 2 fully saturated rings. The first-order valence-electron chi connectivity index (χ1n) is 12.7. The van der Waals surface area contributed by atoms with Gasteiger partial charge in [0, 0.05) is 50.0 Å². The van der Waals surface area contributed by atoms with Gasteiger partial charge >= 0.3 is 0 Å². The SMILES string of the molecule is Cc1cccc(Cc2cccc([C@H]3CCCN(C(=O)C4(c5cccc(F)c5)CCOCC4)C3)n2)c1. The molecule has 182 valence electrons. The number of hydrogen-bond donors (Lipinski definition) is 0. The van der Waals surface area contributed by atoms with Gasteiger partial charge < -0.3 is 9.64 Å². The van der Waals surface area contributed by atoms with Crippen LogP contribution in [-0.2, 0) is 21.4 Å². The Labute approximate surface area is 207 Å². The quantitative estimate of drug-likeness (QED) is 0.487. The average Bonchev–Trinajstić information content (AvgIpc) is 2.89. The van der Waals surface area contributed by atoms with E-state index >= 15 is 0 Å². The van der Waals surface area contributed by atoms with Crippen molar-refractivity contribution in [2.45, 2.75) is 50.4 Å². The molecule has 2 aliphatic heterocycles. The molecule has 4 nitrogen and oxygen atoms in total. The lowest BCUT2D eigenvalue weighted by molar-refractivity contribution is -0.142. The first-order valence-corrected chi connectivity index (χ1v) is 12.7. The number of nitrogens with zero attached hydrogens (tertiary/aromatic N) is 2. The van der Waals surface area contributed by atoms with Crippen LogP contribution in [0.25, 0.3) is 0 Å². The molecular weight excluding hydrogens is 439 g/mol. The second-order valence-electron chi connectivity index (χ2n) is 10.0. The molecule has 0 radical (unpaired) electrons. The minimum Gasteiger partial charge on any atom is -0.381 e. The van der Waals surface area contributed by atoms with E-state index in [9.17, 15) is 9.18 Å². The summed E-state index contributed by atoms with van der Waals surface area (Å²) in [7, 11) is 0. The lowest BCUT2D eigenvalue weighted by atomic mass is 9.72. The summed E-state index contributed by atoms with van der Waals surface area (Å²) < 4.78 is 19.7. The van der Waals surface area contributed by atoms with E-state index in [1.165, 1.54) is 23.3 Å². The lowest BCUT2D eigenvalue weighted by Crippen LogP contribution is -2.52. The summed E-state index contributed by atoms with van der Waals surface area (Å²) in [5.74, 6) is 0.00823. The van der Waals surface area contributed by atoms with Crippen LogP contribution in [0.3, 0.4) is 0 Å². The normalized spacial score (nSPS) is 19.9. The Kier molecular flexibility index (Phi) is 6.96. The van der Waals surface area contributed by atoms with Crippen molar-refractivity contribution in [2.24, 2.45) is 0 Å². The van der Waals surface area contributed by atoms with Crippen molar-refractivity contribution in [3.63, 3.8) is 0 Å². The average molecular weight is 473 g/mol. The number of rotatable bonds is 5. The number of amides is 1. The predicted molar refractivity (Wildman–Crippen MR) is 135 cm³/mol. The molecule has 1 aromatic heterocycles. The number of carbonyl (C=O) groups is 1. The fourth-order valence-corrected chi connectivity index (χ4v) is 5.69. The number of halogens is 1. The highest BCUT2D eigenvalue weighted by Gasteiger charge is 2.45. The Morgan fingerprint density at radius 1 is 1.09 bits per heavy atom. The molecule has 3 aromatic rings. The number of likely N-dealkylation sites (tertiary alicyclic amines) is 1. The van der Waals surface area contributed by atoms with Crippen LogP contribution >= 0.6 is 0 Å². The van der Waals surface area contributed by atoms with Gasteiger partial charge in [-0.3, -0.25) is 9.78 Å². The van der Waals surface area contributed by atoms with Crippen LogP contribution < -0.4 is 0 Å². The van der Waals surface area contributed by atoms with Crippen LogP contribution in [0.2, 0.25) is 0 Å². The van der Waals surface area contributed by atoms with Gasteiger partial charge in [0.1, 0.15) is 5.82 Å². The number of pyridine rings is 1. The number of ether oxygens (including phenoxy) is 1. The van der Waals surface area contributed by atoms with Gasteiger partial charge in [-0.05, 0) is 68.0 Å². The van der Waals surface area contributed by atoms with E-state index in [0.29, 0.717) is 32.6 Å². The molecule has 5 rings (SSSR count). The first-order chi connectivity index (χ1) is 17.0. The smallest absolute Gasteiger partial charge is 0.233 e. The topological polar surface area (TPSA) is 42.4 Å². The van der Waals surface area contributed by atoms with Gasteiger partial charge in [-0.15, -0.1) is 0 Å². The maximum Gasteiger partial charge on any atom is 0.233 e. The van der Waals surface area contributed by atoms with Gasteiger partial charge in [0.15, 0.2) is 0 Å². The van der Waals surface area contributed by atoms with E-state index in [0.717, 1.165) is 42.8 Å². The second-order valence-corrected chi connectivity index (χ2v) is 10.0. The molecule has 2 aliphatic rings. The Balaban J connectivity index is 1.36. The molecule has 0 aliphatic carbocycles. The van der Waals surface area contributed by atoms with Crippen molar-refractivity contribution in [3.8, 4) is 0 Å². The molecule has 1 amide bonds. The van der Waals surface area contributed by atoms with Gasteiger partial charge in [-0.1, -0.05) is 48.0 Å².